The van der Waals surface area contributed by atoms with Gasteiger partial charge < -0.3 is 5.32 Å². The number of rotatable bonds is 4. The lowest BCUT2D eigenvalue weighted by Gasteiger charge is -2.22. The lowest BCUT2D eigenvalue weighted by atomic mass is 10.1. The second-order valence-electron chi connectivity index (χ2n) is 7.37. The molecule has 28 heavy (non-hydrogen) atoms. The van der Waals surface area contributed by atoms with Crippen molar-refractivity contribution in [2.45, 2.75) is 45.2 Å². The van der Waals surface area contributed by atoms with Crippen LogP contribution in [0, 0.1) is 0 Å². The zero-order valence-electron chi connectivity index (χ0n) is 15.6. The summed E-state index contributed by atoms with van der Waals surface area (Å²) in [6.07, 6.45) is 3.90. The van der Waals surface area contributed by atoms with E-state index < -0.39 is 0 Å². The molecule has 9 heteroatoms. The van der Waals surface area contributed by atoms with Crippen molar-refractivity contribution in [2.24, 2.45) is 0 Å². The van der Waals surface area contributed by atoms with Gasteiger partial charge in [0.15, 0.2) is 5.82 Å². The molecule has 0 radical (unpaired) electrons. The third-order valence-electron chi connectivity index (χ3n) is 4.90. The standard InChI is InChI=1S/C19H20ClN7S/c1-11(2)17-23-16-8-7-14(9-26(16)24-17)21-18-25-27-10-15(22-19(27)28-18)12-3-5-13(20)6-4-12/h3-6,10-11,14H,7-9H2,1-2H3,(H,21,25). The molecule has 5 rings (SSSR count). The fraction of sp³-hybridized carbons (Fsp3) is 0.368. The Morgan fingerprint density at radius 2 is 2.00 bits per heavy atom. The Labute approximate surface area is 171 Å². The molecule has 0 saturated heterocycles. The van der Waals surface area contributed by atoms with Crippen molar-refractivity contribution in [1.29, 1.82) is 0 Å². The van der Waals surface area contributed by atoms with Gasteiger partial charge in [-0.3, -0.25) is 0 Å². The van der Waals surface area contributed by atoms with E-state index >= 15 is 0 Å². The monoisotopic (exact) mass is 413 g/mol. The fourth-order valence-electron chi connectivity index (χ4n) is 3.38. The minimum atomic E-state index is 0.292. The highest BCUT2D eigenvalue weighted by molar-refractivity contribution is 7.20. The summed E-state index contributed by atoms with van der Waals surface area (Å²) in [5.41, 5.74) is 1.93. The van der Waals surface area contributed by atoms with Crippen LogP contribution in [0.25, 0.3) is 16.2 Å². The van der Waals surface area contributed by atoms with Gasteiger partial charge in [-0.1, -0.05) is 48.9 Å². The summed E-state index contributed by atoms with van der Waals surface area (Å²) in [6.45, 7) is 5.06. The average Bonchev–Trinajstić information content (AvgIpc) is 3.34. The van der Waals surface area contributed by atoms with E-state index in [1.807, 2.05) is 39.7 Å². The number of hydrogen-bond acceptors (Lipinski definition) is 6. The Bertz CT molecular complexity index is 1090. The molecule has 4 heterocycles. The second kappa shape index (κ2) is 6.86. The van der Waals surface area contributed by atoms with Gasteiger partial charge in [0.1, 0.15) is 5.82 Å². The predicted molar refractivity (Wildman–Crippen MR) is 111 cm³/mol. The van der Waals surface area contributed by atoms with Gasteiger partial charge in [0.25, 0.3) is 0 Å². The molecule has 1 atom stereocenters. The van der Waals surface area contributed by atoms with Gasteiger partial charge in [-0.15, -0.1) is 5.10 Å². The molecule has 3 aromatic heterocycles. The smallest absolute Gasteiger partial charge is 0.214 e. The van der Waals surface area contributed by atoms with Gasteiger partial charge in [0.05, 0.1) is 18.4 Å². The topological polar surface area (TPSA) is 72.9 Å². The Balaban J connectivity index is 1.32. The van der Waals surface area contributed by atoms with E-state index in [9.17, 15) is 0 Å². The van der Waals surface area contributed by atoms with Gasteiger partial charge in [0, 0.05) is 29.0 Å². The Morgan fingerprint density at radius 3 is 2.75 bits per heavy atom. The molecule has 1 N–H and O–H groups in total. The number of imidazole rings is 1. The van der Waals surface area contributed by atoms with Crippen LogP contribution in [0.15, 0.2) is 30.5 Å². The predicted octanol–water partition coefficient (Wildman–Crippen LogP) is 4.25. The number of nitrogens with zero attached hydrogens (tertiary/aromatic N) is 6. The lowest BCUT2D eigenvalue weighted by Crippen LogP contribution is -2.32. The summed E-state index contributed by atoms with van der Waals surface area (Å²) in [6, 6.07) is 7.97. The minimum absolute atomic E-state index is 0.292. The van der Waals surface area contributed by atoms with Gasteiger partial charge in [-0.2, -0.15) is 5.10 Å². The number of aromatic nitrogens is 6. The maximum Gasteiger partial charge on any atom is 0.214 e. The lowest BCUT2D eigenvalue weighted by molar-refractivity contribution is 0.439. The summed E-state index contributed by atoms with van der Waals surface area (Å²) in [7, 11) is 0. The van der Waals surface area contributed by atoms with Gasteiger partial charge >= 0.3 is 0 Å². The summed E-state index contributed by atoms with van der Waals surface area (Å²) >= 11 is 7.52. The van der Waals surface area contributed by atoms with Crippen molar-refractivity contribution in [3.05, 3.63) is 47.1 Å². The van der Waals surface area contributed by atoms with Crippen LogP contribution >= 0.6 is 22.9 Å². The van der Waals surface area contributed by atoms with E-state index in [2.05, 4.69) is 34.3 Å². The zero-order valence-corrected chi connectivity index (χ0v) is 17.2. The van der Waals surface area contributed by atoms with Crippen molar-refractivity contribution < 1.29 is 0 Å². The third kappa shape index (κ3) is 3.27. The number of nitrogens with one attached hydrogen (secondary N) is 1. The summed E-state index contributed by atoms with van der Waals surface area (Å²) in [5, 5.41) is 14.4. The molecule has 1 unspecified atom stereocenters. The number of aryl methyl sites for hydroxylation is 1. The second-order valence-corrected chi connectivity index (χ2v) is 8.76. The molecule has 0 saturated carbocycles. The summed E-state index contributed by atoms with van der Waals surface area (Å²) < 4.78 is 3.87. The Morgan fingerprint density at radius 1 is 1.18 bits per heavy atom. The molecule has 1 aliphatic heterocycles. The number of halogens is 1. The Kier molecular flexibility index (Phi) is 4.32. The van der Waals surface area contributed by atoms with Crippen LogP contribution < -0.4 is 5.32 Å². The van der Waals surface area contributed by atoms with E-state index in [-0.39, 0.29) is 0 Å². The van der Waals surface area contributed by atoms with E-state index in [1.165, 1.54) is 0 Å². The summed E-state index contributed by atoms with van der Waals surface area (Å²) in [5.74, 6) is 2.37. The first kappa shape index (κ1) is 17.6. The molecule has 0 bridgehead atoms. The van der Waals surface area contributed by atoms with E-state index in [1.54, 1.807) is 11.3 Å². The first-order valence-corrected chi connectivity index (χ1v) is 10.6. The maximum atomic E-state index is 5.96. The number of hydrogen-bond donors (Lipinski definition) is 1. The molecule has 0 fully saturated rings. The van der Waals surface area contributed by atoms with E-state index in [0.29, 0.717) is 12.0 Å². The first-order chi connectivity index (χ1) is 13.5. The van der Waals surface area contributed by atoms with E-state index in [0.717, 1.165) is 57.4 Å². The summed E-state index contributed by atoms with van der Waals surface area (Å²) in [4.78, 5) is 10.2. The quantitative estimate of drug-likeness (QED) is 0.541. The van der Waals surface area contributed by atoms with Gasteiger partial charge in [-0.25, -0.2) is 19.2 Å². The molecule has 1 aliphatic rings. The van der Waals surface area contributed by atoms with Crippen molar-refractivity contribution in [1.82, 2.24) is 29.4 Å². The number of fused-ring (bicyclic) bond motifs is 2. The van der Waals surface area contributed by atoms with Crippen LogP contribution in [0.1, 0.15) is 37.8 Å². The van der Waals surface area contributed by atoms with Crippen LogP contribution in [0.2, 0.25) is 5.02 Å². The SMILES string of the molecule is CC(C)c1nc2n(n1)CC(Nc1nn3cc(-c4ccc(Cl)cc4)nc3s1)CC2. The number of anilines is 1. The Hall–Kier alpha value is -2.45. The average molecular weight is 414 g/mol. The highest BCUT2D eigenvalue weighted by atomic mass is 35.5. The molecular weight excluding hydrogens is 394 g/mol. The highest BCUT2D eigenvalue weighted by Crippen LogP contribution is 2.27. The normalized spacial score (nSPS) is 16.6. The van der Waals surface area contributed by atoms with Crippen LogP contribution in [-0.2, 0) is 13.0 Å². The van der Waals surface area contributed by atoms with Crippen LogP contribution in [0.5, 0.6) is 0 Å². The molecule has 0 aliphatic carbocycles. The van der Waals surface area contributed by atoms with Gasteiger partial charge in [-0.05, 0) is 18.6 Å². The molecule has 144 valence electrons. The molecule has 0 spiro atoms. The van der Waals surface area contributed by atoms with Gasteiger partial charge in [0.2, 0.25) is 10.1 Å². The van der Waals surface area contributed by atoms with Crippen LogP contribution in [-0.4, -0.2) is 35.4 Å². The third-order valence-corrected chi connectivity index (χ3v) is 6.01. The van der Waals surface area contributed by atoms with Crippen molar-refractivity contribution >= 4 is 33.0 Å². The number of benzene rings is 1. The zero-order chi connectivity index (χ0) is 19.3. The van der Waals surface area contributed by atoms with E-state index in [4.69, 9.17) is 16.6 Å². The molecular formula is C19H20ClN7S. The fourth-order valence-corrected chi connectivity index (χ4v) is 4.37. The van der Waals surface area contributed by atoms with Crippen molar-refractivity contribution in [3.63, 3.8) is 0 Å². The molecule has 0 amide bonds. The minimum Gasteiger partial charge on any atom is -0.355 e. The van der Waals surface area contributed by atoms with Crippen LogP contribution in [0.3, 0.4) is 0 Å². The molecule has 1 aromatic carbocycles. The maximum absolute atomic E-state index is 5.96. The van der Waals surface area contributed by atoms with Crippen molar-refractivity contribution in [3.8, 4) is 11.3 Å². The largest absolute Gasteiger partial charge is 0.355 e. The van der Waals surface area contributed by atoms with Crippen LogP contribution in [0.4, 0.5) is 5.13 Å². The first-order valence-electron chi connectivity index (χ1n) is 9.37. The molecule has 7 nitrogen and oxygen atoms in total. The molecule has 4 aromatic rings. The van der Waals surface area contributed by atoms with Crippen molar-refractivity contribution in [2.75, 3.05) is 5.32 Å². The highest BCUT2D eigenvalue weighted by Gasteiger charge is 2.23.